The Morgan fingerprint density at radius 2 is 1.44 bits per heavy atom. The third-order valence-electron chi connectivity index (χ3n) is 4.80. The summed E-state index contributed by atoms with van der Waals surface area (Å²) < 4.78 is 41.7. The molecule has 0 aliphatic carbocycles. The fourth-order valence-corrected chi connectivity index (χ4v) is 4.45. The third kappa shape index (κ3) is 5.85. The Bertz CT molecular complexity index is 1340. The van der Waals surface area contributed by atoms with Gasteiger partial charge in [0, 0.05) is 5.69 Å². The molecule has 4 aromatic rings. The van der Waals surface area contributed by atoms with Gasteiger partial charge in [0.05, 0.1) is 11.5 Å². The molecule has 174 valence electrons. The largest absolute Gasteiger partial charge is 0.494 e. The minimum Gasteiger partial charge on any atom is -0.494 e. The number of anilines is 1. The Labute approximate surface area is 197 Å². The van der Waals surface area contributed by atoms with E-state index in [2.05, 4.69) is 5.32 Å². The first-order valence-corrected chi connectivity index (χ1v) is 12.3. The van der Waals surface area contributed by atoms with Gasteiger partial charge in [0.1, 0.15) is 28.8 Å². The van der Waals surface area contributed by atoms with E-state index in [0.717, 1.165) is 5.75 Å². The van der Waals surface area contributed by atoms with Crippen LogP contribution in [0.5, 0.6) is 17.2 Å². The lowest BCUT2D eigenvalue weighted by atomic mass is 10.3. The molecule has 0 spiro atoms. The zero-order valence-corrected chi connectivity index (χ0v) is 19.2. The lowest BCUT2D eigenvalue weighted by Crippen LogP contribution is -2.10. The maximum absolute atomic E-state index is 12.5. The Hall–Kier alpha value is -4.04. The van der Waals surface area contributed by atoms with Crippen molar-refractivity contribution in [2.45, 2.75) is 17.6 Å². The van der Waals surface area contributed by atoms with Gasteiger partial charge in [0.25, 0.3) is 5.91 Å². The average Bonchev–Trinajstić information content (AvgIpc) is 3.30. The zero-order valence-electron chi connectivity index (χ0n) is 18.4. The van der Waals surface area contributed by atoms with E-state index in [1.54, 1.807) is 42.5 Å². The van der Waals surface area contributed by atoms with Crippen LogP contribution in [-0.4, -0.2) is 20.9 Å². The monoisotopic (exact) mass is 477 g/mol. The summed E-state index contributed by atoms with van der Waals surface area (Å²) in [5.41, 5.74) is 0.541. The maximum atomic E-state index is 12.5. The van der Waals surface area contributed by atoms with Gasteiger partial charge in [-0.15, -0.1) is 0 Å². The van der Waals surface area contributed by atoms with Crippen LogP contribution in [0.3, 0.4) is 0 Å². The second-order valence-corrected chi connectivity index (χ2v) is 9.31. The number of hydrogen-bond donors (Lipinski definition) is 1. The van der Waals surface area contributed by atoms with Crippen LogP contribution in [0.1, 0.15) is 23.2 Å². The van der Waals surface area contributed by atoms with Crippen LogP contribution in [0.2, 0.25) is 0 Å². The number of carbonyl (C=O) groups excluding carboxylic acids is 1. The van der Waals surface area contributed by atoms with E-state index in [9.17, 15) is 13.2 Å². The van der Waals surface area contributed by atoms with Crippen molar-refractivity contribution in [3.8, 4) is 17.2 Å². The number of benzene rings is 3. The number of ether oxygens (including phenoxy) is 2. The number of amides is 1. The van der Waals surface area contributed by atoms with Crippen molar-refractivity contribution in [2.75, 3.05) is 11.9 Å². The summed E-state index contributed by atoms with van der Waals surface area (Å²) in [4.78, 5) is 12.7. The molecule has 1 N–H and O–H groups in total. The van der Waals surface area contributed by atoms with Crippen molar-refractivity contribution in [1.29, 1.82) is 0 Å². The van der Waals surface area contributed by atoms with E-state index >= 15 is 0 Å². The molecule has 0 atom stereocenters. The fourth-order valence-electron chi connectivity index (χ4n) is 3.18. The van der Waals surface area contributed by atoms with Gasteiger partial charge in [0.2, 0.25) is 0 Å². The molecule has 0 fully saturated rings. The Morgan fingerprint density at radius 3 is 2.09 bits per heavy atom. The quantitative estimate of drug-likeness (QED) is 0.332. The highest BCUT2D eigenvalue weighted by molar-refractivity contribution is 7.90. The summed E-state index contributed by atoms with van der Waals surface area (Å²) in [6, 6.07) is 25.2. The summed E-state index contributed by atoms with van der Waals surface area (Å²) in [5.74, 6) is 1.43. The summed E-state index contributed by atoms with van der Waals surface area (Å²) in [5, 5.41) is 2.72. The van der Waals surface area contributed by atoms with Gasteiger partial charge >= 0.3 is 0 Å². The highest BCUT2D eigenvalue weighted by Gasteiger charge is 2.19. The highest BCUT2D eigenvalue weighted by atomic mass is 32.2. The predicted octanol–water partition coefficient (Wildman–Crippen LogP) is 5.70. The van der Waals surface area contributed by atoms with Crippen molar-refractivity contribution in [3.05, 3.63) is 103 Å². The number of sulfone groups is 1. The van der Waals surface area contributed by atoms with E-state index in [1.165, 1.54) is 24.3 Å². The van der Waals surface area contributed by atoms with Gasteiger partial charge in [-0.1, -0.05) is 18.2 Å². The molecule has 8 heteroatoms. The molecule has 1 aromatic heterocycles. The van der Waals surface area contributed by atoms with Crippen LogP contribution in [-0.2, 0) is 15.6 Å². The fraction of sp³-hybridized carbons (Fsp3) is 0.115. The minimum atomic E-state index is -3.57. The molecule has 0 unspecified atom stereocenters. The zero-order chi connectivity index (χ0) is 24.0. The number of carbonyl (C=O) groups is 1. The number of furan rings is 1. The average molecular weight is 478 g/mol. The molecule has 0 bridgehead atoms. The number of hydrogen-bond acceptors (Lipinski definition) is 6. The summed E-state index contributed by atoms with van der Waals surface area (Å²) in [6.07, 6.45) is 0. The molecule has 0 aliphatic rings. The number of rotatable bonds is 9. The van der Waals surface area contributed by atoms with Crippen molar-refractivity contribution in [1.82, 2.24) is 0 Å². The van der Waals surface area contributed by atoms with Crippen LogP contribution in [0.25, 0.3) is 0 Å². The first kappa shape index (κ1) is 23.1. The van der Waals surface area contributed by atoms with E-state index < -0.39 is 15.7 Å². The van der Waals surface area contributed by atoms with Gasteiger partial charge in [-0.3, -0.25) is 4.79 Å². The third-order valence-corrected chi connectivity index (χ3v) is 6.46. The van der Waals surface area contributed by atoms with Gasteiger partial charge in [-0.05, 0) is 79.7 Å². The summed E-state index contributed by atoms with van der Waals surface area (Å²) in [7, 11) is -3.57. The van der Waals surface area contributed by atoms with E-state index in [1.807, 2.05) is 31.2 Å². The highest BCUT2D eigenvalue weighted by Crippen LogP contribution is 2.25. The molecule has 7 nitrogen and oxygen atoms in total. The lowest BCUT2D eigenvalue weighted by molar-refractivity contribution is 0.0995. The van der Waals surface area contributed by atoms with E-state index in [0.29, 0.717) is 23.8 Å². The topological polar surface area (TPSA) is 94.8 Å². The first-order chi connectivity index (χ1) is 16.4. The Kier molecular flexibility index (Phi) is 6.98. The van der Waals surface area contributed by atoms with Gasteiger partial charge in [0.15, 0.2) is 15.6 Å². The molecule has 1 amide bonds. The second-order valence-electron chi connectivity index (χ2n) is 7.32. The summed E-state index contributed by atoms with van der Waals surface area (Å²) >= 11 is 0. The molecule has 0 aliphatic heterocycles. The van der Waals surface area contributed by atoms with E-state index in [-0.39, 0.29) is 22.2 Å². The van der Waals surface area contributed by atoms with Crippen LogP contribution >= 0.6 is 0 Å². The molecule has 3 aromatic carbocycles. The van der Waals surface area contributed by atoms with Gasteiger partial charge < -0.3 is 19.2 Å². The Balaban J connectivity index is 1.35. The molecular formula is C26H23NO6S. The maximum Gasteiger partial charge on any atom is 0.291 e. The van der Waals surface area contributed by atoms with Crippen molar-refractivity contribution >= 4 is 21.4 Å². The molecule has 1 heterocycles. The predicted molar refractivity (Wildman–Crippen MR) is 128 cm³/mol. The smallest absolute Gasteiger partial charge is 0.291 e. The molecule has 4 rings (SSSR count). The standard InChI is InChI=1S/C26H23NO6S/c1-2-31-20-12-14-22(15-13-20)32-21-10-8-19(9-11-21)27-26(28)25-17-16-23(33-25)18-34(29,30)24-6-4-3-5-7-24/h3-17H,2,18H2,1H3,(H,27,28). The summed E-state index contributed by atoms with van der Waals surface area (Å²) in [6.45, 7) is 2.52. The van der Waals surface area contributed by atoms with Crippen LogP contribution in [0.4, 0.5) is 5.69 Å². The molecule has 0 saturated heterocycles. The van der Waals surface area contributed by atoms with Gasteiger partial charge in [-0.2, -0.15) is 0 Å². The van der Waals surface area contributed by atoms with Crippen molar-refractivity contribution < 1.29 is 27.1 Å². The van der Waals surface area contributed by atoms with Crippen LogP contribution in [0, 0.1) is 0 Å². The Morgan fingerprint density at radius 1 is 0.824 bits per heavy atom. The van der Waals surface area contributed by atoms with Gasteiger partial charge in [-0.25, -0.2) is 8.42 Å². The second kappa shape index (κ2) is 10.3. The first-order valence-electron chi connectivity index (χ1n) is 10.6. The molecule has 34 heavy (non-hydrogen) atoms. The minimum absolute atomic E-state index is 0.0213. The van der Waals surface area contributed by atoms with E-state index in [4.69, 9.17) is 13.9 Å². The SMILES string of the molecule is CCOc1ccc(Oc2ccc(NC(=O)c3ccc(CS(=O)(=O)c4ccccc4)o3)cc2)cc1. The molecule has 0 radical (unpaired) electrons. The molecular weight excluding hydrogens is 454 g/mol. The molecule has 0 saturated carbocycles. The van der Waals surface area contributed by atoms with Crippen LogP contribution in [0.15, 0.2) is 100 Å². The van der Waals surface area contributed by atoms with Crippen molar-refractivity contribution in [2.24, 2.45) is 0 Å². The normalized spacial score (nSPS) is 11.1. The number of nitrogens with one attached hydrogen (secondary N) is 1. The lowest BCUT2D eigenvalue weighted by Gasteiger charge is -2.08. The van der Waals surface area contributed by atoms with Crippen molar-refractivity contribution in [3.63, 3.8) is 0 Å². The van der Waals surface area contributed by atoms with Crippen LogP contribution < -0.4 is 14.8 Å².